The molecule has 15 heavy (non-hydrogen) atoms. The molecule has 2 unspecified atom stereocenters. The molecule has 0 saturated heterocycles. The van der Waals surface area contributed by atoms with Crippen LogP contribution in [0.1, 0.15) is 25.8 Å². The molecule has 0 aromatic heterocycles. The molecule has 0 saturated carbocycles. The Balaban J connectivity index is 3.11. The van der Waals surface area contributed by atoms with Crippen LogP contribution in [0.4, 0.5) is 0 Å². The number of hydrogen-bond acceptors (Lipinski definition) is 2. The minimum atomic E-state index is -1.37. The van der Waals surface area contributed by atoms with Crippen molar-refractivity contribution >= 4 is 5.97 Å². The maximum atomic E-state index is 10.8. The lowest BCUT2D eigenvalue weighted by Gasteiger charge is -2.31. The van der Waals surface area contributed by atoms with E-state index in [0.29, 0.717) is 6.42 Å². The molecule has 0 aliphatic heterocycles. The van der Waals surface area contributed by atoms with Crippen LogP contribution in [0.15, 0.2) is 30.3 Å². The number of carbonyl (C=O) groups is 1. The molecule has 0 fully saturated rings. The number of carboxylic acid groups (broad SMARTS) is 1. The third-order valence-electron chi connectivity index (χ3n) is 3.01. The highest BCUT2D eigenvalue weighted by molar-refractivity contribution is 5.74. The Hall–Kier alpha value is -1.35. The van der Waals surface area contributed by atoms with Gasteiger partial charge in [0.05, 0.1) is 0 Å². The van der Waals surface area contributed by atoms with Gasteiger partial charge in [-0.3, -0.25) is 0 Å². The van der Waals surface area contributed by atoms with Crippen molar-refractivity contribution in [1.29, 1.82) is 0 Å². The predicted molar refractivity (Wildman–Crippen MR) is 57.7 cm³/mol. The van der Waals surface area contributed by atoms with E-state index in [4.69, 9.17) is 5.11 Å². The number of carboxylic acids is 1. The highest BCUT2D eigenvalue weighted by Crippen LogP contribution is 2.31. The molecule has 2 N–H and O–H groups in total. The van der Waals surface area contributed by atoms with E-state index in [1.54, 1.807) is 6.92 Å². The Morgan fingerprint density at radius 3 is 2.33 bits per heavy atom. The third-order valence-corrected chi connectivity index (χ3v) is 3.01. The molecule has 2 atom stereocenters. The second kappa shape index (κ2) is 4.45. The fraction of sp³-hybridized carbons (Fsp3) is 0.417. The van der Waals surface area contributed by atoms with Crippen LogP contribution in [-0.4, -0.2) is 22.3 Å². The fourth-order valence-electron chi connectivity index (χ4n) is 1.65. The Morgan fingerprint density at radius 2 is 1.93 bits per heavy atom. The number of hydrogen-bond donors (Lipinski definition) is 2. The van der Waals surface area contributed by atoms with Gasteiger partial charge in [-0.1, -0.05) is 44.2 Å². The molecule has 0 heterocycles. The maximum Gasteiger partial charge on any atom is 0.333 e. The first-order valence-corrected chi connectivity index (χ1v) is 4.98. The van der Waals surface area contributed by atoms with Gasteiger partial charge in [-0.25, -0.2) is 4.79 Å². The summed E-state index contributed by atoms with van der Waals surface area (Å²) in [5, 5.41) is 18.6. The van der Waals surface area contributed by atoms with Crippen LogP contribution < -0.4 is 0 Å². The lowest BCUT2D eigenvalue weighted by molar-refractivity contribution is -0.150. The molecule has 0 spiro atoms. The van der Waals surface area contributed by atoms with Crippen LogP contribution in [0.25, 0.3) is 0 Å². The second-order valence-electron chi connectivity index (χ2n) is 3.88. The Labute approximate surface area is 89.4 Å². The molecule has 0 bridgehead atoms. The zero-order valence-corrected chi connectivity index (χ0v) is 8.97. The van der Waals surface area contributed by atoms with Crippen LogP contribution in [0.5, 0.6) is 0 Å². The first kappa shape index (κ1) is 11.7. The first-order valence-electron chi connectivity index (χ1n) is 4.98. The highest BCUT2D eigenvalue weighted by atomic mass is 16.4. The molecule has 0 aliphatic carbocycles. The molecule has 3 nitrogen and oxygen atoms in total. The first-order chi connectivity index (χ1) is 7.02. The zero-order chi connectivity index (χ0) is 11.5. The second-order valence-corrected chi connectivity index (χ2v) is 3.88. The van der Waals surface area contributed by atoms with Crippen LogP contribution in [-0.2, 0) is 10.2 Å². The van der Waals surface area contributed by atoms with Crippen LogP contribution in [0.2, 0.25) is 0 Å². The summed E-state index contributed by atoms with van der Waals surface area (Å²) in [5.41, 5.74) is 0.120. The van der Waals surface area contributed by atoms with E-state index in [9.17, 15) is 9.90 Å². The van der Waals surface area contributed by atoms with Crippen molar-refractivity contribution < 1.29 is 15.0 Å². The minimum absolute atomic E-state index is 0.574. The molecule has 82 valence electrons. The van der Waals surface area contributed by atoms with E-state index in [1.165, 1.54) is 0 Å². The lowest BCUT2D eigenvalue weighted by Crippen LogP contribution is -2.41. The van der Waals surface area contributed by atoms with Crippen molar-refractivity contribution in [3.8, 4) is 0 Å². The summed E-state index contributed by atoms with van der Waals surface area (Å²) in [6.07, 6.45) is -0.797. The number of benzene rings is 1. The fourth-order valence-corrected chi connectivity index (χ4v) is 1.65. The monoisotopic (exact) mass is 208 g/mol. The average molecular weight is 208 g/mol. The summed E-state index contributed by atoms with van der Waals surface area (Å²) in [7, 11) is 0. The van der Waals surface area contributed by atoms with Crippen LogP contribution >= 0.6 is 0 Å². The highest BCUT2D eigenvalue weighted by Gasteiger charge is 2.37. The molecule has 0 radical (unpaired) electrons. The number of aliphatic hydroxyl groups excluding tert-OH is 1. The van der Waals surface area contributed by atoms with Crippen molar-refractivity contribution in [2.75, 3.05) is 0 Å². The number of rotatable bonds is 4. The number of aliphatic carboxylic acids is 1. The van der Waals surface area contributed by atoms with Gasteiger partial charge in [-0.15, -0.1) is 0 Å². The molecule has 3 heteroatoms. The SMILES string of the molecule is CCC(C)(c1ccccc1)C(O)C(=O)O. The van der Waals surface area contributed by atoms with Gasteiger partial charge in [0, 0.05) is 5.41 Å². The van der Waals surface area contributed by atoms with Gasteiger partial charge in [-0.2, -0.15) is 0 Å². The Bertz CT molecular complexity index is 334. The van der Waals surface area contributed by atoms with Crippen LogP contribution in [0.3, 0.4) is 0 Å². The molecule has 1 aromatic rings. The van der Waals surface area contributed by atoms with Gasteiger partial charge < -0.3 is 10.2 Å². The van der Waals surface area contributed by atoms with Crippen molar-refractivity contribution in [2.45, 2.75) is 31.8 Å². The Kier molecular flexibility index (Phi) is 3.48. The smallest absolute Gasteiger partial charge is 0.333 e. The average Bonchev–Trinajstić information content (AvgIpc) is 2.28. The summed E-state index contributed by atoms with van der Waals surface area (Å²) in [5.74, 6) is -1.18. The minimum Gasteiger partial charge on any atom is -0.479 e. The maximum absolute atomic E-state index is 10.8. The Morgan fingerprint density at radius 1 is 1.40 bits per heavy atom. The summed E-state index contributed by atoms with van der Waals surface area (Å²) in [6, 6.07) is 9.24. The molecule has 0 amide bonds. The molecule has 1 rings (SSSR count). The summed E-state index contributed by atoms with van der Waals surface area (Å²) >= 11 is 0. The van der Waals surface area contributed by atoms with Crippen molar-refractivity contribution in [3.63, 3.8) is 0 Å². The molecule has 0 aliphatic rings. The summed E-state index contributed by atoms with van der Waals surface area (Å²) < 4.78 is 0. The van der Waals surface area contributed by atoms with Crippen molar-refractivity contribution in [1.82, 2.24) is 0 Å². The quantitative estimate of drug-likeness (QED) is 0.793. The standard InChI is InChI=1S/C12H16O3/c1-3-12(2,10(13)11(14)15)9-7-5-4-6-8-9/h4-8,10,13H,3H2,1-2H3,(H,14,15). The van der Waals surface area contributed by atoms with Gasteiger partial charge in [0.15, 0.2) is 6.10 Å². The van der Waals surface area contributed by atoms with Crippen molar-refractivity contribution in [2.24, 2.45) is 0 Å². The van der Waals surface area contributed by atoms with E-state index < -0.39 is 17.5 Å². The van der Waals surface area contributed by atoms with Crippen molar-refractivity contribution in [3.05, 3.63) is 35.9 Å². The van der Waals surface area contributed by atoms with Crippen LogP contribution in [0, 0.1) is 0 Å². The zero-order valence-electron chi connectivity index (χ0n) is 8.97. The van der Waals surface area contributed by atoms with E-state index in [0.717, 1.165) is 5.56 Å². The molecular weight excluding hydrogens is 192 g/mol. The summed E-state index contributed by atoms with van der Waals surface area (Å²) in [4.78, 5) is 10.8. The summed E-state index contributed by atoms with van der Waals surface area (Å²) in [6.45, 7) is 3.64. The van der Waals surface area contributed by atoms with Gasteiger partial charge in [0.25, 0.3) is 0 Å². The topological polar surface area (TPSA) is 57.5 Å². The third kappa shape index (κ3) is 2.18. The van der Waals surface area contributed by atoms with E-state index in [-0.39, 0.29) is 0 Å². The van der Waals surface area contributed by atoms with Gasteiger partial charge in [0.2, 0.25) is 0 Å². The largest absolute Gasteiger partial charge is 0.479 e. The van der Waals surface area contributed by atoms with E-state index in [1.807, 2.05) is 37.3 Å². The molecule has 1 aromatic carbocycles. The molecular formula is C12H16O3. The van der Waals surface area contributed by atoms with Gasteiger partial charge in [-0.05, 0) is 12.0 Å². The van der Waals surface area contributed by atoms with E-state index in [2.05, 4.69) is 0 Å². The predicted octanol–water partition coefficient (Wildman–Crippen LogP) is 1.80. The van der Waals surface area contributed by atoms with E-state index >= 15 is 0 Å². The van der Waals surface area contributed by atoms with Gasteiger partial charge in [0.1, 0.15) is 0 Å². The van der Waals surface area contributed by atoms with Gasteiger partial charge >= 0.3 is 5.97 Å². The normalized spacial score (nSPS) is 16.7. The lowest BCUT2D eigenvalue weighted by atomic mass is 9.75. The number of aliphatic hydroxyl groups is 1.